The van der Waals surface area contributed by atoms with Crippen molar-refractivity contribution in [2.24, 2.45) is 10.9 Å². The number of carbonyl (C=O) groups excluding carboxylic acids is 1. The number of carbonyl (C=O) groups is 1. The average Bonchev–Trinajstić information content (AvgIpc) is 2.65. The number of benzene rings is 1. The Kier molecular flexibility index (Phi) is 7.95. The molecular formula is C21H34N4O. The number of aliphatic imine (C=N–C) groups is 1. The third-order valence-electron chi connectivity index (χ3n) is 4.88. The Balaban J connectivity index is 2.06. The van der Waals surface area contributed by atoms with E-state index in [-0.39, 0.29) is 11.9 Å². The Hall–Kier alpha value is -2.04. The number of hydrogen-bond acceptors (Lipinski definition) is 2. The summed E-state index contributed by atoms with van der Waals surface area (Å²) < 4.78 is 0. The predicted octanol–water partition coefficient (Wildman–Crippen LogP) is 3.41. The van der Waals surface area contributed by atoms with E-state index in [4.69, 9.17) is 4.99 Å². The minimum absolute atomic E-state index is 0.0121. The number of likely N-dealkylation sites (tertiary alicyclic amines) is 1. The molecule has 1 heterocycles. The highest BCUT2D eigenvalue weighted by atomic mass is 16.1. The van der Waals surface area contributed by atoms with Crippen molar-refractivity contribution in [1.82, 2.24) is 15.5 Å². The molecule has 1 fully saturated rings. The van der Waals surface area contributed by atoms with Crippen molar-refractivity contribution >= 4 is 11.9 Å². The highest BCUT2D eigenvalue weighted by molar-refractivity contribution is 5.94. The van der Waals surface area contributed by atoms with E-state index in [0.717, 1.165) is 37.6 Å². The molecule has 5 nitrogen and oxygen atoms in total. The van der Waals surface area contributed by atoms with E-state index >= 15 is 0 Å². The molecule has 1 aromatic rings. The molecule has 0 aliphatic carbocycles. The summed E-state index contributed by atoms with van der Waals surface area (Å²) in [5.74, 6) is 1.68. The van der Waals surface area contributed by atoms with Crippen LogP contribution in [0, 0.1) is 5.92 Å². The van der Waals surface area contributed by atoms with Crippen LogP contribution >= 0.6 is 0 Å². The van der Waals surface area contributed by atoms with Gasteiger partial charge in [-0.1, -0.05) is 26.0 Å². The standard InChI is InChI=1S/C21H34N4O/c1-5-17(4)24-20(26)19-11-7-10-18(13-19)14-23-21(22-6-2)25-12-8-9-16(3)15-25/h7,10-11,13,16-17H,5-6,8-9,12,14-15H2,1-4H3,(H,22,23)(H,24,26). The highest BCUT2D eigenvalue weighted by Crippen LogP contribution is 2.16. The van der Waals surface area contributed by atoms with Gasteiger partial charge in [0.05, 0.1) is 6.54 Å². The Morgan fingerprint density at radius 3 is 2.88 bits per heavy atom. The molecule has 1 aromatic carbocycles. The van der Waals surface area contributed by atoms with Gasteiger partial charge in [-0.3, -0.25) is 4.79 Å². The van der Waals surface area contributed by atoms with Crippen LogP contribution in [0.25, 0.3) is 0 Å². The zero-order valence-electron chi connectivity index (χ0n) is 16.7. The molecule has 0 bridgehead atoms. The summed E-state index contributed by atoms with van der Waals surface area (Å²) in [6.45, 7) is 12.1. The number of piperidine rings is 1. The maximum Gasteiger partial charge on any atom is 0.251 e. The minimum atomic E-state index is -0.0121. The van der Waals surface area contributed by atoms with Crippen molar-refractivity contribution in [2.75, 3.05) is 19.6 Å². The molecule has 1 amide bonds. The van der Waals surface area contributed by atoms with Crippen molar-refractivity contribution in [3.05, 3.63) is 35.4 Å². The lowest BCUT2D eigenvalue weighted by Crippen LogP contribution is -2.46. The third kappa shape index (κ3) is 6.04. The van der Waals surface area contributed by atoms with Crippen LogP contribution in [0.4, 0.5) is 0 Å². The molecule has 0 aromatic heterocycles. The SMILES string of the molecule is CCNC(=NCc1cccc(C(=O)NC(C)CC)c1)N1CCCC(C)C1. The smallest absolute Gasteiger partial charge is 0.251 e. The van der Waals surface area contributed by atoms with E-state index in [1.54, 1.807) is 0 Å². The third-order valence-corrected chi connectivity index (χ3v) is 4.88. The van der Waals surface area contributed by atoms with E-state index in [9.17, 15) is 4.79 Å². The molecular weight excluding hydrogens is 324 g/mol. The first-order valence-electron chi connectivity index (χ1n) is 9.96. The van der Waals surface area contributed by atoms with Crippen LogP contribution in [0.15, 0.2) is 29.3 Å². The zero-order chi connectivity index (χ0) is 18.9. The molecule has 2 N–H and O–H groups in total. The van der Waals surface area contributed by atoms with E-state index in [0.29, 0.717) is 18.0 Å². The second-order valence-corrected chi connectivity index (χ2v) is 7.35. The fraction of sp³-hybridized carbons (Fsp3) is 0.619. The quantitative estimate of drug-likeness (QED) is 0.605. The number of nitrogens with zero attached hydrogens (tertiary/aromatic N) is 2. The Morgan fingerprint density at radius 2 is 2.19 bits per heavy atom. The van der Waals surface area contributed by atoms with Gasteiger partial charge in [-0.15, -0.1) is 0 Å². The van der Waals surface area contributed by atoms with Crippen LogP contribution < -0.4 is 10.6 Å². The Morgan fingerprint density at radius 1 is 1.38 bits per heavy atom. The fourth-order valence-electron chi connectivity index (χ4n) is 3.19. The van der Waals surface area contributed by atoms with Crippen molar-refractivity contribution in [3.63, 3.8) is 0 Å². The second kappa shape index (κ2) is 10.2. The molecule has 26 heavy (non-hydrogen) atoms. The molecule has 1 aliphatic rings. The van der Waals surface area contributed by atoms with Gasteiger partial charge in [0.25, 0.3) is 5.91 Å². The van der Waals surface area contributed by atoms with Gasteiger partial charge < -0.3 is 15.5 Å². The maximum absolute atomic E-state index is 12.3. The molecule has 144 valence electrons. The first-order chi connectivity index (χ1) is 12.5. The number of amides is 1. The van der Waals surface area contributed by atoms with Crippen LogP contribution in [0.2, 0.25) is 0 Å². The van der Waals surface area contributed by atoms with Crippen LogP contribution in [-0.2, 0) is 6.54 Å². The van der Waals surface area contributed by atoms with Crippen LogP contribution in [-0.4, -0.2) is 42.4 Å². The van der Waals surface area contributed by atoms with Crippen LogP contribution in [0.3, 0.4) is 0 Å². The van der Waals surface area contributed by atoms with Crippen LogP contribution in [0.5, 0.6) is 0 Å². The summed E-state index contributed by atoms with van der Waals surface area (Å²) in [5.41, 5.74) is 1.76. The van der Waals surface area contributed by atoms with E-state index < -0.39 is 0 Å². The largest absolute Gasteiger partial charge is 0.357 e. The first-order valence-corrected chi connectivity index (χ1v) is 9.96. The van der Waals surface area contributed by atoms with Gasteiger partial charge in [-0.05, 0) is 56.7 Å². The molecule has 0 spiro atoms. The summed E-state index contributed by atoms with van der Waals surface area (Å²) in [5, 5.41) is 6.43. The number of hydrogen-bond donors (Lipinski definition) is 2. The van der Waals surface area contributed by atoms with Crippen molar-refractivity contribution in [3.8, 4) is 0 Å². The predicted molar refractivity (Wildman–Crippen MR) is 108 cm³/mol. The lowest BCUT2D eigenvalue weighted by Gasteiger charge is -2.33. The monoisotopic (exact) mass is 358 g/mol. The molecule has 1 aliphatic heterocycles. The van der Waals surface area contributed by atoms with Gasteiger partial charge in [-0.2, -0.15) is 0 Å². The summed E-state index contributed by atoms with van der Waals surface area (Å²) in [4.78, 5) is 19.5. The summed E-state index contributed by atoms with van der Waals surface area (Å²) in [7, 11) is 0. The molecule has 5 heteroatoms. The van der Waals surface area contributed by atoms with Crippen molar-refractivity contribution in [2.45, 2.75) is 59.5 Å². The first kappa shape index (κ1) is 20.3. The van der Waals surface area contributed by atoms with Gasteiger partial charge in [0, 0.05) is 31.2 Å². The van der Waals surface area contributed by atoms with Crippen molar-refractivity contribution < 1.29 is 4.79 Å². The van der Waals surface area contributed by atoms with Crippen LogP contribution in [0.1, 0.15) is 62.9 Å². The average molecular weight is 359 g/mol. The van der Waals surface area contributed by atoms with E-state index in [1.807, 2.05) is 31.2 Å². The molecule has 2 rings (SSSR count). The fourth-order valence-corrected chi connectivity index (χ4v) is 3.19. The second-order valence-electron chi connectivity index (χ2n) is 7.35. The molecule has 0 radical (unpaired) electrons. The number of nitrogens with one attached hydrogen (secondary N) is 2. The molecule has 2 unspecified atom stereocenters. The van der Waals surface area contributed by atoms with Crippen molar-refractivity contribution in [1.29, 1.82) is 0 Å². The summed E-state index contributed by atoms with van der Waals surface area (Å²) in [6, 6.07) is 7.97. The van der Waals surface area contributed by atoms with Gasteiger partial charge in [0.1, 0.15) is 0 Å². The Bertz CT molecular complexity index is 614. The van der Waals surface area contributed by atoms with Gasteiger partial charge >= 0.3 is 0 Å². The number of rotatable bonds is 6. The van der Waals surface area contributed by atoms with E-state index in [1.165, 1.54) is 12.8 Å². The summed E-state index contributed by atoms with van der Waals surface area (Å²) >= 11 is 0. The zero-order valence-corrected chi connectivity index (χ0v) is 16.7. The Labute approximate surface area is 158 Å². The summed E-state index contributed by atoms with van der Waals surface area (Å²) in [6.07, 6.45) is 3.44. The molecule has 2 atom stereocenters. The van der Waals surface area contributed by atoms with E-state index in [2.05, 4.69) is 36.3 Å². The van der Waals surface area contributed by atoms with Gasteiger partial charge in [0.15, 0.2) is 5.96 Å². The lowest BCUT2D eigenvalue weighted by molar-refractivity contribution is 0.0939. The highest BCUT2D eigenvalue weighted by Gasteiger charge is 2.19. The normalized spacial score (nSPS) is 19.2. The molecule has 0 saturated carbocycles. The lowest BCUT2D eigenvalue weighted by atomic mass is 10.0. The maximum atomic E-state index is 12.3. The topological polar surface area (TPSA) is 56.7 Å². The van der Waals surface area contributed by atoms with Gasteiger partial charge in [-0.25, -0.2) is 4.99 Å². The molecule has 1 saturated heterocycles. The van der Waals surface area contributed by atoms with Gasteiger partial charge in [0.2, 0.25) is 0 Å². The number of guanidine groups is 1. The minimum Gasteiger partial charge on any atom is -0.357 e.